The van der Waals surface area contributed by atoms with Gasteiger partial charge in [-0.05, 0) is 47.5 Å². The summed E-state index contributed by atoms with van der Waals surface area (Å²) >= 11 is 1.32. The van der Waals surface area contributed by atoms with E-state index in [0.717, 1.165) is 15.4 Å². The van der Waals surface area contributed by atoms with Gasteiger partial charge < -0.3 is 15.5 Å². The number of hydrogen-bond donors (Lipinski definition) is 2. The molecule has 0 unspecified atom stereocenters. The van der Waals surface area contributed by atoms with E-state index in [1.165, 1.54) is 54.6 Å². The molecule has 0 bridgehead atoms. The molecule has 184 valence electrons. The molecule has 1 heterocycles. The first kappa shape index (κ1) is 26.1. The van der Waals surface area contributed by atoms with Crippen LogP contribution in [0.1, 0.15) is 20.7 Å². The molecule has 35 heavy (non-hydrogen) atoms. The van der Waals surface area contributed by atoms with Crippen molar-refractivity contribution >= 4 is 44.1 Å². The number of carbonyl (C=O) groups excluding carboxylic acids is 3. The second kappa shape index (κ2) is 10.8. The van der Waals surface area contributed by atoms with Gasteiger partial charge in [0, 0.05) is 44.7 Å². The number of anilines is 1. The molecule has 0 spiro atoms. The van der Waals surface area contributed by atoms with Crippen molar-refractivity contribution in [3.63, 3.8) is 0 Å². The van der Waals surface area contributed by atoms with Crippen LogP contribution in [0.4, 0.5) is 5.00 Å². The Morgan fingerprint density at radius 3 is 2.26 bits per heavy atom. The van der Waals surface area contributed by atoms with Gasteiger partial charge in [0.05, 0.1) is 16.4 Å². The van der Waals surface area contributed by atoms with Gasteiger partial charge in [-0.1, -0.05) is 18.2 Å². The second-order valence-corrected chi connectivity index (χ2v) is 11.1. The van der Waals surface area contributed by atoms with Crippen LogP contribution in [-0.2, 0) is 14.8 Å². The first-order valence-electron chi connectivity index (χ1n) is 10.5. The van der Waals surface area contributed by atoms with Crippen molar-refractivity contribution in [2.24, 2.45) is 0 Å². The summed E-state index contributed by atoms with van der Waals surface area (Å²) in [6, 6.07) is 14.6. The van der Waals surface area contributed by atoms with E-state index < -0.39 is 21.8 Å². The van der Waals surface area contributed by atoms with Crippen molar-refractivity contribution in [1.29, 1.82) is 0 Å². The number of nitrogens with one attached hydrogen (secondary N) is 2. The third kappa shape index (κ3) is 6.32. The predicted octanol–water partition coefficient (Wildman–Crippen LogP) is 2.74. The molecule has 0 fully saturated rings. The normalized spacial score (nSPS) is 11.2. The lowest BCUT2D eigenvalue weighted by molar-refractivity contribution is -0.115. The number of nitrogens with zero attached hydrogens (tertiary/aromatic N) is 2. The topological polar surface area (TPSA) is 116 Å². The summed E-state index contributed by atoms with van der Waals surface area (Å²) in [6.45, 7) is -0.288. The van der Waals surface area contributed by atoms with Gasteiger partial charge in [0.2, 0.25) is 15.9 Å². The number of thiophene rings is 1. The molecule has 2 aromatic carbocycles. The van der Waals surface area contributed by atoms with Gasteiger partial charge in [-0.3, -0.25) is 14.4 Å². The monoisotopic (exact) mass is 514 g/mol. The quantitative estimate of drug-likeness (QED) is 0.480. The van der Waals surface area contributed by atoms with Crippen LogP contribution < -0.4 is 10.6 Å². The third-order valence-electron chi connectivity index (χ3n) is 5.00. The Hall–Kier alpha value is -3.54. The minimum Gasteiger partial charge on any atom is -0.345 e. The number of hydrogen-bond acceptors (Lipinski definition) is 6. The summed E-state index contributed by atoms with van der Waals surface area (Å²) in [5.41, 5.74) is 2.39. The molecule has 3 rings (SSSR count). The average molecular weight is 515 g/mol. The van der Waals surface area contributed by atoms with E-state index in [1.807, 2.05) is 11.4 Å². The molecule has 11 heteroatoms. The molecule has 0 saturated heterocycles. The Labute approximate surface area is 208 Å². The van der Waals surface area contributed by atoms with Crippen LogP contribution in [0.15, 0.2) is 64.9 Å². The summed E-state index contributed by atoms with van der Waals surface area (Å²) in [5, 5.41) is 7.68. The lowest BCUT2D eigenvalue weighted by Crippen LogP contribution is -2.32. The molecule has 0 radical (unpaired) electrons. The van der Waals surface area contributed by atoms with Crippen LogP contribution in [0.2, 0.25) is 0 Å². The first-order chi connectivity index (χ1) is 16.5. The van der Waals surface area contributed by atoms with Gasteiger partial charge in [-0.2, -0.15) is 0 Å². The van der Waals surface area contributed by atoms with Crippen molar-refractivity contribution in [2.75, 3.05) is 40.1 Å². The van der Waals surface area contributed by atoms with Crippen LogP contribution in [0.5, 0.6) is 0 Å². The number of carbonyl (C=O) groups is 3. The lowest BCUT2D eigenvalue weighted by Gasteiger charge is -2.12. The highest BCUT2D eigenvalue weighted by atomic mass is 32.2. The molecule has 0 atom stereocenters. The van der Waals surface area contributed by atoms with Gasteiger partial charge in [-0.25, -0.2) is 12.7 Å². The third-order valence-corrected chi connectivity index (χ3v) is 7.65. The Kier molecular flexibility index (Phi) is 8.05. The summed E-state index contributed by atoms with van der Waals surface area (Å²) < 4.78 is 25.6. The van der Waals surface area contributed by atoms with Gasteiger partial charge in [0.25, 0.3) is 11.8 Å². The molecular weight excluding hydrogens is 488 g/mol. The van der Waals surface area contributed by atoms with Gasteiger partial charge in [0.1, 0.15) is 0 Å². The zero-order chi connectivity index (χ0) is 25.8. The standard InChI is InChI=1S/C24H26N4O5S2/c1-27(2)24(31)18-9-5-7-16(11-18)19-13-22(34-15-19)26-21(29)14-25-23(30)17-8-6-10-20(12-17)35(32,33)28(3)4/h5-13,15H,14H2,1-4H3,(H,25,30)(H,26,29). The van der Waals surface area contributed by atoms with E-state index in [1.54, 1.807) is 38.4 Å². The Morgan fingerprint density at radius 2 is 1.57 bits per heavy atom. The minimum absolute atomic E-state index is 0.0120. The summed E-state index contributed by atoms with van der Waals surface area (Å²) in [7, 11) is 2.51. The van der Waals surface area contributed by atoms with E-state index >= 15 is 0 Å². The smallest absolute Gasteiger partial charge is 0.253 e. The number of sulfonamides is 1. The molecule has 0 aliphatic heterocycles. The SMILES string of the molecule is CN(C)C(=O)c1cccc(-c2csc(NC(=O)CNC(=O)c3cccc(S(=O)(=O)N(C)C)c3)c2)c1. The molecule has 3 aromatic rings. The number of amides is 3. The molecule has 2 N–H and O–H groups in total. The largest absolute Gasteiger partial charge is 0.345 e. The van der Waals surface area contributed by atoms with E-state index in [2.05, 4.69) is 10.6 Å². The van der Waals surface area contributed by atoms with Crippen molar-refractivity contribution in [1.82, 2.24) is 14.5 Å². The van der Waals surface area contributed by atoms with Crippen LogP contribution >= 0.6 is 11.3 Å². The van der Waals surface area contributed by atoms with Gasteiger partial charge >= 0.3 is 0 Å². The minimum atomic E-state index is -3.68. The first-order valence-corrected chi connectivity index (χ1v) is 12.8. The zero-order valence-corrected chi connectivity index (χ0v) is 21.4. The van der Waals surface area contributed by atoms with Crippen molar-refractivity contribution < 1.29 is 22.8 Å². The van der Waals surface area contributed by atoms with E-state index in [9.17, 15) is 22.8 Å². The highest BCUT2D eigenvalue weighted by molar-refractivity contribution is 7.89. The molecular formula is C24H26N4O5S2. The highest BCUT2D eigenvalue weighted by Gasteiger charge is 2.19. The van der Waals surface area contributed by atoms with Crippen molar-refractivity contribution in [2.45, 2.75) is 4.90 Å². The van der Waals surface area contributed by atoms with Crippen molar-refractivity contribution in [3.05, 3.63) is 71.1 Å². The maximum Gasteiger partial charge on any atom is 0.253 e. The van der Waals surface area contributed by atoms with Gasteiger partial charge in [-0.15, -0.1) is 11.3 Å². The maximum absolute atomic E-state index is 12.4. The average Bonchev–Trinajstić information content (AvgIpc) is 3.30. The summed E-state index contributed by atoms with van der Waals surface area (Å²) in [6.07, 6.45) is 0. The van der Waals surface area contributed by atoms with E-state index in [-0.39, 0.29) is 22.9 Å². The van der Waals surface area contributed by atoms with Crippen LogP contribution in [0.25, 0.3) is 11.1 Å². The molecule has 3 amide bonds. The fourth-order valence-electron chi connectivity index (χ4n) is 3.10. The zero-order valence-electron chi connectivity index (χ0n) is 19.7. The fraction of sp³-hybridized carbons (Fsp3) is 0.208. The number of rotatable bonds is 8. The summed E-state index contributed by atoms with van der Waals surface area (Å²) in [5.74, 6) is -1.10. The predicted molar refractivity (Wildman–Crippen MR) is 136 cm³/mol. The Bertz CT molecular complexity index is 1360. The Balaban J connectivity index is 1.61. The van der Waals surface area contributed by atoms with Crippen LogP contribution in [0.3, 0.4) is 0 Å². The molecule has 0 saturated carbocycles. The fourth-order valence-corrected chi connectivity index (χ4v) is 4.87. The van der Waals surface area contributed by atoms with Crippen LogP contribution in [-0.4, -0.2) is 70.1 Å². The number of benzene rings is 2. The Morgan fingerprint density at radius 1 is 0.886 bits per heavy atom. The van der Waals surface area contributed by atoms with Crippen LogP contribution in [0, 0.1) is 0 Å². The van der Waals surface area contributed by atoms with Crippen molar-refractivity contribution in [3.8, 4) is 11.1 Å². The molecule has 1 aromatic heterocycles. The molecule has 0 aliphatic rings. The lowest BCUT2D eigenvalue weighted by atomic mass is 10.1. The maximum atomic E-state index is 12.4. The highest BCUT2D eigenvalue weighted by Crippen LogP contribution is 2.29. The molecule has 9 nitrogen and oxygen atoms in total. The molecule has 0 aliphatic carbocycles. The van der Waals surface area contributed by atoms with E-state index in [0.29, 0.717) is 10.6 Å². The van der Waals surface area contributed by atoms with E-state index in [4.69, 9.17) is 0 Å². The summed E-state index contributed by atoms with van der Waals surface area (Å²) in [4.78, 5) is 38.5. The second-order valence-electron chi connectivity index (χ2n) is 8.03. The van der Waals surface area contributed by atoms with Gasteiger partial charge in [0.15, 0.2) is 0 Å².